The van der Waals surface area contributed by atoms with E-state index in [9.17, 15) is 10.1 Å². The minimum Gasteiger partial charge on any atom is -0.490 e. The molecule has 3 rings (SSSR count). The molecule has 34 heavy (non-hydrogen) atoms. The second-order valence-electron chi connectivity index (χ2n) is 7.72. The van der Waals surface area contributed by atoms with Crippen LogP contribution >= 0.6 is 15.9 Å². The maximum Gasteiger partial charge on any atom is 0.244 e. The molecule has 0 atom stereocenters. The number of ether oxygens (including phenoxy) is 2. The van der Waals surface area contributed by atoms with Gasteiger partial charge in [-0.1, -0.05) is 42.0 Å². The van der Waals surface area contributed by atoms with Gasteiger partial charge in [0.2, 0.25) is 5.91 Å². The molecule has 0 radical (unpaired) electrons. The zero-order valence-corrected chi connectivity index (χ0v) is 21.0. The van der Waals surface area contributed by atoms with Gasteiger partial charge in [-0.2, -0.15) is 10.4 Å². The van der Waals surface area contributed by atoms with Crippen molar-refractivity contribution in [2.24, 2.45) is 5.10 Å². The van der Waals surface area contributed by atoms with Crippen molar-refractivity contribution >= 4 is 28.1 Å². The highest BCUT2D eigenvalue weighted by Gasteiger charge is 2.13. The predicted molar refractivity (Wildman–Crippen MR) is 136 cm³/mol. The van der Waals surface area contributed by atoms with Gasteiger partial charge in [-0.05, 0) is 71.6 Å². The number of carbonyl (C=O) groups excluding carboxylic acids is 1. The van der Waals surface area contributed by atoms with E-state index in [0.29, 0.717) is 28.1 Å². The molecule has 0 aromatic heterocycles. The molecule has 0 bridgehead atoms. The fraction of sp³-hybridized carbons (Fsp3) is 0.222. The van der Waals surface area contributed by atoms with Gasteiger partial charge in [0.25, 0.3) is 0 Å². The van der Waals surface area contributed by atoms with Crippen LogP contribution in [0.5, 0.6) is 11.5 Å². The van der Waals surface area contributed by atoms with Gasteiger partial charge >= 0.3 is 0 Å². The number of hydrogen-bond donors (Lipinski definition) is 1. The van der Waals surface area contributed by atoms with Crippen molar-refractivity contribution in [2.45, 2.75) is 33.8 Å². The average molecular weight is 520 g/mol. The maximum absolute atomic E-state index is 12.3. The van der Waals surface area contributed by atoms with Gasteiger partial charge < -0.3 is 9.47 Å². The molecule has 0 unspecified atom stereocenters. The van der Waals surface area contributed by atoms with Gasteiger partial charge in [0.15, 0.2) is 11.5 Å². The van der Waals surface area contributed by atoms with Crippen LogP contribution in [0.2, 0.25) is 0 Å². The van der Waals surface area contributed by atoms with Crippen LogP contribution in [0.15, 0.2) is 64.2 Å². The van der Waals surface area contributed by atoms with E-state index in [-0.39, 0.29) is 18.9 Å². The molecule has 0 aliphatic heterocycles. The smallest absolute Gasteiger partial charge is 0.244 e. The zero-order chi connectivity index (χ0) is 24.5. The number of halogens is 1. The number of hydrazone groups is 1. The second kappa shape index (κ2) is 12.0. The summed E-state index contributed by atoms with van der Waals surface area (Å²) in [5.74, 6) is 0.878. The number of benzene rings is 3. The first-order chi connectivity index (χ1) is 16.4. The Morgan fingerprint density at radius 1 is 1.12 bits per heavy atom. The summed E-state index contributed by atoms with van der Waals surface area (Å²) in [6.07, 6.45) is 1.82. The van der Waals surface area contributed by atoms with Crippen molar-refractivity contribution in [3.8, 4) is 17.6 Å². The summed E-state index contributed by atoms with van der Waals surface area (Å²) < 4.78 is 12.4. The SMILES string of the molecule is CCOc1cc(/C=N\NC(=O)Cc2ccc(C)cc2C)cc(Br)c1OCc1ccccc1C#N. The number of hydrogen-bond acceptors (Lipinski definition) is 5. The molecular weight excluding hydrogens is 494 g/mol. The average Bonchev–Trinajstić information content (AvgIpc) is 2.81. The highest BCUT2D eigenvalue weighted by molar-refractivity contribution is 9.10. The topological polar surface area (TPSA) is 83.7 Å². The number of nitriles is 1. The summed E-state index contributed by atoms with van der Waals surface area (Å²) in [6, 6.07) is 19.1. The Morgan fingerprint density at radius 2 is 1.91 bits per heavy atom. The molecule has 174 valence electrons. The van der Waals surface area contributed by atoms with Gasteiger partial charge in [0.05, 0.1) is 35.3 Å². The quantitative estimate of drug-likeness (QED) is 0.294. The molecule has 3 aromatic carbocycles. The normalized spacial score (nSPS) is 10.7. The lowest BCUT2D eigenvalue weighted by atomic mass is 10.0. The van der Waals surface area contributed by atoms with Crippen LogP contribution in [-0.2, 0) is 17.8 Å². The van der Waals surface area contributed by atoms with E-state index >= 15 is 0 Å². The molecule has 1 amide bonds. The van der Waals surface area contributed by atoms with E-state index in [0.717, 1.165) is 27.8 Å². The Labute approximate surface area is 208 Å². The van der Waals surface area contributed by atoms with Crippen LogP contribution in [0.25, 0.3) is 0 Å². The summed E-state index contributed by atoms with van der Waals surface area (Å²) in [4.78, 5) is 12.3. The molecule has 6 nitrogen and oxygen atoms in total. The van der Waals surface area contributed by atoms with E-state index in [1.807, 2.05) is 57.2 Å². The summed E-state index contributed by atoms with van der Waals surface area (Å²) >= 11 is 3.54. The van der Waals surface area contributed by atoms with Crippen molar-refractivity contribution < 1.29 is 14.3 Å². The van der Waals surface area contributed by atoms with Crippen LogP contribution in [0.3, 0.4) is 0 Å². The van der Waals surface area contributed by atoms with Crippen molar-refractivity contribution in [2.75, 3.05) is 6.61 Å². The Balaban J connectivity index is 1.69. The Kier molecular flexibility index (Phi) is 8.83. The molecule has 0 fully saturated rings. The maximum atomic E-state index is 12.3. The second-order valence-corrected chi connectivity index (χ2v) is 8.57. The number of carbonyl (C=O) groups is 1. The molecule has 1 N–H and O–H groups in total. The monoisotopic (exact) mass is 519 g/mol. The number of nitrogens with one attached hydrogen (secondary N) is 1. The number of aryl methyl sites for hydroxylation is 2. The van der Waals surface area contributed by atoms with Crippen molar-refractivity contribution in [3.63, 3.8) is 0 Å². The first kappa shape index (κ1) is 25.0. The summed E-state index contributed by atoms with van der Waals surface area (Å²) in [7, 11) is 0. The minimum absolute atomic E-state index is 0.191. The van der Waals surface area contributed by atoms with Gasteiger partial charge in [-0.25, -0.2) is 5.43 Å². The molecular formula is C27H26BrN3O3. The van der Waals surface area contributed by atoms with E-state index in [2.05, 4.69) is 38.6 Å². The molecule has 0 spiro atoms. The molecule has 0 heterocycles. The van der Waals surface area contributed by atoms with Crippen LogP contribution in [0, 0.1) is 25.2 Å². The van der Waals surface area contributed by atoms with Gasteiger partial charge in [0, 0.05) is 5.56 Å². The lowest BCUT2D eigenvalue weighted by molar-refractivity contribution is -0.120. The lowest BCUT2D eigenvalue weighted by Gasteiger charge is -2.15. The summed E-state index contributed by atoms with van der Waals surface area (Å²) in [5.41, 5.74) is 7.88. The fourth-order valence-corrected chi connectivity index (χ4v) is 3.98. The third-order valence-electron chi connectivity index (χ3n) is 5.09. The number of rotatable bonds is 9. The highest BCUT2D eigenvalue weighted by atomic mass is 79.9. The fourth-order valence-electron chi connectivity index (χ4n) is 3.41. The Bertz CT molecular complexity index is 1250. The Morgan fingerprint density at radius 3 is 2.65 bits per heavy atom. The zero-order valence-electron chi connectivity index (χ0n) is 19.4. The lowest BCUT2D eigenvalue weighted by Crippen LogP contribution is -2.20. The van der Waals surface area contributed by atoms with Gasteiger partial charge in [-0.3, -0.25) is 4.79 Å². The van der Waals surface area contributed by atoms with Crippen LogP contribution in [0.4, 0.5) is 0 Å². The van der Waals surface area contributed by atoms with E-state index in [1.165, 1.54) is 0 Å². The molecule has 0 saturated heterocycles. The molecule has 0 aliphatic carbocycles. The van der Waals surface area contributed by atoms with E-state index in [4.69, 9.17) is 9.47 Å². The third-order valence-corrected chi connectivity index (χ3v) is 5.68. The summed E-state index contributed by atoms with van der Waals surface area (Å²) in [5, 5.41) is 13.4. The summed E-state index contributed by atoms with van der Waals surface area (Å²) in [6.45, 7) is 6.58. The molecule has 0 saturated carbocycles. The van der Waals surface area contributed by atoms with Gasteiger partial charge in [0.1, 0.15) is 6.61 Å². The first-order valence-electron chi connectivity index (χ1n) is 10.9. The van der Waals surface area contributed by atoms with Crippen molar-refractivity contribution in [1.82, 2.24) is 5.43 Å². The Hall–Kier alpha value is -3.63. The third kappa shape index (κ3) is 6.69. The van der Waals surface area contributed by atoms with E-state index < -0.39 is 0 Å². The van der Waals surface area contributed by atoms with Gasteiger partial charge in [-0.15, -0.1) is 0 Å². The largest absolute Gasteiger partial charge is 0.490 e. The van der Waals surface area contributed by atoms with Crippen molar-refractivity contribution in [1.29, 1.82) is 5.26 Å². The standard InChI is InChI=1S/C27H26BrN3O3/c1-4-33-25-13-20(16-30-31-26(32)14-21-10-9-18(2)11-19(21)3)12-24(28)27(25)34-17-23-8-6-5-7-22(23)15-29/h5-13,16H,4,14,17H2,1-3H3,(H,31,32)/b30-16-. The number of nitrogens with zero attached hydrogens (tertiary/aromatic N) is 2. The first-order valence-corrected chi connectivity index (χ1v) is 11.7. The molecule has 7 heteroatoms. The molecule has 0 aliphatic rings. The van der Waals surface area contributed by atoms with Crippen LogP contribution in [-0.4, -0.2) is 18.7 Å². The minimum atomic E-state index is -0.191. The predicted octanol–water partition coefficient (Wildman–Crippen LogP) is 5.61. The molecule has 3 aromatic rings. The number of amides is 1. The van der Waals surface area contributed by atoms with Crippen LogP contribution in [0.1, 0.15) is 40.3 Å². The van der Waals surface area contributed by atoms with E-state index in [1.54, 1.807) is 18.3 Å². The van der Waals surface area contributed by atoms with Crippen LogP contribution < -0.4 is 14.9 Å². The van der Waals surface area contributed by atoms with Crippen molar-refractivity contribution in [3.05, 3.63) is 92.5 Å². The highest BCUT2D eigenvalue weighted by Crippen LogP contribution is 2.37.